The third-order valence-corrected chi connectivity index (χ3v) is 2.21. The van der Waals surface area contributed by atoms with Crippen molar-refractivity contribution in [1.82, 2.24) is 4.98 Å². The number of nitrogens with zero attached hydrogens (tertiary/aromatic N) is 2. The molecule has 1 aromatic heterocycles. The molecule has 0 spiro atoms. The van der Waals surface area contributed by atoms with Crippen molar-refractivity contribution < 1.29 is 9.90 Å². The van der Waals surface area contributed by atoms with Crippen LogP contribution in [0.3, 0.4) is 0 Å². The summed E-state index contributed by atoms with van der Waals surface area (Å²) in [5, 5.41) is 12.0. The molecule has 2 aromatic rings. The van der Waals surface area contributed by atoms with Crippen LogP contribution in [0.4, 0.5) is 11.5 Å². The number of aromatic hydroxyl groups is 1. The maximum atomic E-state index is 10.3. The number of anilines is 1. The lowest BCUT2D eigenvalue weighted by Gasteiger charge is -1.99. The van der Waals surface area contributed by atoms with Gasteiger partial charge in [-0.25, -0.2) is 9.98 Å². The van der Waals surface area contributed by atoms with Crippen molar-refractivity contribution in [3.05, 3.63) is 48.2 Å². The second-order valence-electron chi connectivity index (χ2n) is 3.49. The van der Waals surface area contributed by atoms with Crippen molar-refractivity contribution in [1.29, 1.82) is 0 Å². The maximum Gasteiger partial charge on any atom is 0.211 e. The Morgan fingerprint density at radius 2 is 2.17 bits per heavy atom. The average molecular weight is 241 g/mol. The van der Waals surface area contributed by atoms with E-state index in [0.29, 0.717) is 12.1 Å². The molecule has 0 saturated carbocycles. The predicted molar refractivity (Wildman–Crippen MR) is 69.3 cm³/mol. The summed E-state index contributed by atoms with van der Waals surface area (Å²) in [5.74, 6) is 0.280. The van der Waals surface area contributed by atoms with Gasteiger partial charge >= 0.3 is 0 Å². The first kappa shape index (κ1) is 11.8. The number of benzene rings is 1. The molecule has 0 atom stereocenters. The normalized spacial score (nSPS) is 10.4. The van der Waals surface area contributed by atoms with Crippen LogP contribution in [0.25, 0.3) is 0 Å². The monoisotopic (exact) mass is 241 g/mol. The van der Waals surface area contributed by atoms with Crippen LogP contribution in [-0.4, -0.2) is 22.7 Å². The van der Waals surface area contributed by atoms with Gasteiger partial charge < -0.3 is 10.4 Å². The Labute approximate surface area is 104 Å². The number of hydrogen-bond donors (Lipinski definition) is 2. The van der Waals surface area contributed by atoms with Crippen molar-refractivity contribution in [3.63, 3.8) is 0 Å². The molecule has 0 radical (unpaired) electrons. The van der Waals surface area contributed by atoms with E-state index in [0.717, 1.165) is 5.56 Å². The molecular weight excluding hydrogens is 230 g/mol. The largest absolute Gasteiger partial charge is 0.504 e. The Bertz CT molecular complexity index is 582. The Kier molecular flexibility index (Phi) is 3.66. The van der Waals surface area contributed by atoms with E-state index in [1.54, 1.807) is 36.7 Å². The van der Waals surface area contributed by atoms with Crippen LogP contribution in [0.1, 0.15) is 5.56 Å². The number of nitrogens with one attached hydrogen (secondary N) is 1. The van der Waals surface area contributed by atoms with E-state index >= 15 is 0 Å². The topological polar surface area (TPSA) is 74.6 Å². The zero-order valence-corrected chi connectivity index (χ0v) is 9.45. The van der Waals surface area contributed by atoms with Crippen LogP contribution in [0.15, 0.2) is 47.6 Å². The number of aliphatic imine (C=N–C) groups is 1. The third-order valence-electron chi connectivity index (χ3n) is 2.21. The Hall–Kier alpha value is -2.69. The summed E-state index contributed by atoms with van der Waals surface area (Å²) in [6, 6.07) is 10.3. The zero-order chi connectivity index (χ0) is 12.8. The van der Waals surface area contributed by atoms with Gasteiger partial charge in [0.1, 0.15) is 0 Å². The lowest BCUT2D eigenvalue weighted by molar-refractivity contribution is -0.105. The molecule has 0 saturated heterocycles. The van der Waals surface area contributed by atoms with Gasteiger partial charge in [0.25, 0.3) is 0 Å². The lowest BCUT2D eigenvalue weighted by Crippen LogP contribution is -1.94. The highest BCUT2D eigenvalue weighted by molar-refractivity contribution is 5.84. The van der Waals surface area contributed by atoms with E-state index in [1.807, 2.05) is 6.07 Å². The minimum Gasteiger partial charge on any atom is -0.504 e. The SMILES string of the molecule is O=CNc1cccc(/C=N/c2ncccc2O)c1. The molecule has 5 nitrogen and oxygen atoms in total. The lowest BCUT2D eigenvalue weighted by atomic mass is 10.2. The minimum atomic E-state index is 0.0240. The van der Waals surface area contributed by atoms with Crippen LogP contribution in [0.5, 0.6) is 5.75 Å². The molecule has 0 aliphatic heterocycles. The first-order chi connectivity index (χ1) is 8.79. The number of rotatable bonds is 4. The van der Waals surface area contributed by atoms with Gasteiger partial charge in [0.2, 0.25) is 6.41 Å². The molecular formula is C13H11N3O2. The van der Waals surface area contributed by atoms with Crippen molar-refractivity contribution in [3.8, 4) is 5.75 Å². The highest BCUT2D eigenvalue weighted by Gasteiger charge is 1.97. The predicted octanol–water partition coefficient (Wildman–Crippen LogP) is 2.11. The second-order valence-corrected chi connectivity index (χ2v) is 3.49. The molecule has 2 N–H and O–H groups in total. The van der Waals surface area contributed by atoms with Gasteiger partial charge in [-0.05, 0) is 29.8 Å². The van der Waals surface area contributed by atoms with Crippen LogP contribution < -0.4 is 5.32 Å². The highest BCUT2D eigenvalue weighted by atomic mass is 16.3. The fourth-order valence-electron chi connectivity index (χ4n) is 1.40. The summed E-state index contributed by atoms with van der Waals surface area (Å²) < 4.78 is 0. The average Bonchev–Trinajstić information content (AvgIpc) is 2.39. The van der Waals surface area contributed by atoms with Crippen LogP contribution >= 0.6 is 0 Å². The first-order valence-electron chi connectivity index (χ1n) is 5.28. The van der Waals surface area contributed by atoms with E-state index in [-0.39, 0.29) is 11.6 Å². The molecule has 5 heteroatoms. The van der Waals surface area contributed by atoms with Crippen LogP contribution in [0.2, 0.25) is 0 Å². The molecule has 0 bridgehead atoms. The van der Waals surface area contributed by atoms with Crippen LogP contribution in [0, 0.1) is 0 Å². The molecule has 18 heavy (non-hydrogen) atoms. The van der Waals surface area contributed by atoms with E-state index in [2.05, 4.69) is 15.3 Å². The summed E-state index contributed by atoms with van der Waals surface area (Å²) in [6.07, 6.45) is 3.73. The summed E-state index contributed by atoms with van der Waals surface area (Å²) in [7, 11) is 0. The first-order valence-corrected chi connectivity index (χ1v) is 5.28. The highest BCUT2D eigenvalue weighted by Crippen LogP contribution is 2.21. The van der Waals surface area contributed by atoms with Gasteiger partial charge in [0, 0.05) is 18.1 Å². The molecule has 1 heterocycles. The standard InChI is InChI=1S/C13H11N3O2/c17-9-16-11-4-1-3-10(7-11)8-15-13-12(18)5-2-6-14-13/h1-9,18H,(H,16,17)/b15-8+. The Morgan fingerprint density at radius 1 is 1.28 bits per heavy atom. The molecule has 90 valence electrons. The number of carbonyl (C=O) groups excluding carboxylic acids is 1. The third kappa shape index (κ3) is 2.91. The Balaban J connectivity index is 2.21. The van der Waals surface area contributed by atoms with Gasteiger partial charge in [-0.15, -0.1) is 0 Å². The fraction of sp³-hybridized carbons (Fsp3) is 0. The number of aromatic nitrogens is 1. The molecule has 0 aliphatic rings. The van der Waals surface area contributed by atoms with E-state index in [1.165, 1.54) is 6.07 Å². The summed E-state index contributed by atoms with van der Waals surface area (Å²) in [5.41, 5.74) is 1.48. The van der Waals surface area contributed by atoms with E-state index < -0.39 is 0 Å². The zero-order valence-electron chi connectivity index (χ0n) is 9.45. The number of carbonyl (C=O) groups is 1. The fourth-order valence-corrected chi connectivity index (χ4v) is 1.40. The molecule has 0 fully saturated rings. The molecule has 1 aromatic carbocycles. The van der Waals surface area contributed by atoms with Gasteiger partial charge in [0.15, 0.2) is 11.6 Å². The number of amides is 1. The molecule has 0 unspecified atom stereocenters. The second kappa shape index (κ2) is 5.58. The van der Waals surface area contributed by atoms with Gasteiger partial charge in [0.05, 0.1) is 0 Å². The summed E-state index contributed by atoms with van der Waals surface area (Å²) in [6.45, 7) is 0. The molecule has 1 amide bonds. The van der Waals surface area contributed by atoms with Gasteiger partial charge in [-0.2, -0.15) is 0 Å². The van der Waals surface area contributed by atoms with Crippen molar-refractivity contribution in [2.75, 3.05) is 5.32 Å². The molecule has 2 rings (SSSR count). The Morgan fingerprint density at radius 3 is 2.94 bits per heavy atom. The van der Waals surface area contributed by atoms with Crippen LogP contribution in [-0.2, 0) is 4.79 Å². The van der Waals surface area contributed by atoms with E-state index in [4.69, 9.17) is 0 Å². The number of pyridine rings is 1. The van der Waals surface area contributed by atoms with Crippen molar-refractivity contribution in [2.45, 2.75) is 0 Å². The van der Waals surface area contributed by atoms with Gasteiger partial charge in [-0.1, -0.05) is 12.1 Å². The minimum absolute atomic E-state index is 0.0240. The van der Waals surface area contributed by atoms with Crippen molar-refractivity contribution >= 4 is 24.1 Å². The van der Waals surface area contributed by atoms with Gasteiger partial charge in [-0.3, -0.25) is 4.79 Å². The van der Waals surface area contributed by atoms with E-state index in [9.17, 15) is 9.90 Å². The summed E-state index contributed by atoms with van der Waals surface area (Å²) >= 11 is 0. The molecule has 0 aliphatic carbocycles. The maximum absolute atomic E-state index is 10.3. The van der Waals surface area contributed by atoms with Crippen molar-refractivity contribution in [2.24, 2.45) is 4.99 Å². The quantitative estimate of drug-likeness (QED) is 0.636. The summed E-state index contributed by atoms with van der Waals surface area (Å²) in [4.78, 5) is 18.3. The number of hydrogen-bond acceptors (Lipinski definition) is 4. The smallest absolute Gasteiger partial charge is 0.211 e.